The second-order valence-corrected chi connectivity index (χ2v) is 5.63. The fourth-order valence-corrected chi connectivity index (χ4v) is 3.50. The molecule has 1 aliphatic rings. The highest BCUT2D eigenvalue weighted by Crippen LogP contribution is 2.34. The van der Waals surface area contributed by atoms with E-state index >= 15 is 0 Å². The van der Waals surface area contributed by atoms with Crippen LogP contribution in [0.1, 0.15) is 5.69 Å². The van der Waals surface area contributed by atoms with E-state index in [0.717, 1.165) is 0 Å². The van der Waals surface area contributed by atoms with Gasteiger partial charge in [0.05, 0.1) is 0 Å². The van der Waals surface area contributed by atoms with E-state index in [-0.39, 0.29) is 10.6 Å². The lowest BCUT2D eigenvalue weighted by Gasteiger charge is -2.16. The van der Waals surface area contributed by atoms with Crippen molar-refractivity contribution in [1.82, 2.24) is 9.71 Å². The van der Waals surface area contributed by atoms with Gasteiger partial charge in [0.1, 0.15) is 10.6 Å². The van der Waals surface area contributed by atoms with Gasteiger partial charge in [0.25, 0.3) is 10.0 Å². The molecule has 3 rings (SSSR count). The van der Waals surface area contributed by atoms with Crippen molar-refractivity contribution in [2.45, 2.75) is 4.90 Å². The summed E-state index contributed by atoms with van der Waals surface area (Å²) in [5, 5.41) is 19.1. The first kappa shape index (κ1) is 11.6. The van der Waals surface area contributed by atoms with Crippen LogP contribution in [0.2, 0.25) is 0 Å². The predicted octanol–water partition coefficient (Wildman–Crippen LogP) is 0.771. The van der Waals surface area contributed by atoms with Gasteiger partial charge in [-0.1, -0.05) is 18.2 Å². The molecule has 0 bridgehead atoms. The highest BCUT2D eigenvalue weighted by Gasteiger charge is 2.35. The summed E-state index contributed by atoms with van der Waals surface area (Å²) in [5.41, 5.74) is -0.382. The van der Waals surface area contributed by atoms with Crippen LogP contribution in [0, 0.1) is 0 Å². The largest absolute Gasteiger partial charge is 0.504 e. The van der Waals surface area contributed by atoms with Crippen LogP contribution >= 0.6 is 0 Å². The van der Waals surface area contributed by atoms with Crippen molar-refractivity contribution in [3.63, 3.8) is 0 Å². The molecule has 8 heteroatoms. The number of aliphatic hydroxyl groups is 1. The zero-order valence-corrected chi connectivity index (χ0v) is 10.2. The minimum Gasteiger partial charge on any atom is -0.504 e. The van der Waals surface area contributed by atoms with Crippen molar-refractivity contribution in [3.05, 3.63) is 35.7 Å². The molecule has 7 nitrogen and oxygen atoms in total. The quantitative estimate of drug-likeness (QED) is 0.615. The fourth-order valence-electron chi connectivity index (χ4n) is 2.07. The number of aromatic amines is 1. The Bertz CT molecular complexity index is 847. The molecule has 1 aromatic carbocycles. The monoisotopic (exact) mass is 280 g/mol. The Kier molecular flexibility index (Phi) is 2.14. The summed E-state index contributed by atoms with van der Waals surface area (Å²) in [6.45, 7) is 0. The normalized spacial score (nSPS) is 17.1. The van der Waals surface area contributed by atoms with Gasteiger partial charge in [0, 0.05) is 10.9 Å². The molecule has 4 N–H and O–H groups in total. The maximum absolute atomic E-state index is 12.1. The number of carboxylic acid groups (broad SMARTS) is 1. The standard InChI is InChI=1S/C11H8N2O5S/c14-9-7-10(5-3-1-2-4-6(5)12-7)19(17,18)13-8(9)11(15)16/h1-4,12-14H,(H,15,16). The van der Waals surface area contributed by atoms with Gasteiger partial charge in [0.2, 0.25) is 0 Å². The molecule has 19 heavy (non-hydrogen) atoms. The van der Waals surface area contributed by atoms with Crippen molar-refractivity contribution in [2.75, 3.05) is 0 Å². The number of benzene rings is 1. The topological polar surface area (TPSA) is 119 Å². The van der Waals surface area contributed by atoms with Crippen LogP contribution in [0.3, 0.4) is 0 Å². The maximum Gasteiger partial charge on any atom is 0.356 e. The van der Waals surface area contributed by atoms with Crippen LogP contribution in [0.15, 0.2) is 34.9 Å². The first-order valence-corrected chi connectivity index (χ1v) is 6.70. The Hall–Kier alpha value is -2.48. The molecular weight excluding hydrogens is 272 g/mol. The number of hydrogen-bond donors (Lipinski definition) is 4. The number of nitrogens with one attached hydrogen (secondary N) is 2. The van der Waals surface area contributed by atoms with Crippen LogP contribution in [0.5, 0.6) is 0 Å². The lowest BCUT2D eigenvalue weighted by atomic mass is 10.2. The van der Waals surface area contributed by atoms with Crippen molar-refractivity contribution in [1.29, 1.82) is 0 Å². The first-order valence-electron chi connectivity index (χ1n) is 5.22. The molecule has 0 saturated carbocycles. The molecule has 0 spiro atoms. The number of aliphatic carboxylic acids is 1. The van der Waals surface area contributed by atoms with E-state index in [9.17, 15) is 18.3 Å². The molecule has 2 aromatic rings. The third-order valence-electron chi connectivity index (χ3n) is 2.85. The minimum absolute atomic E-state index is 0.114. The molecule has 0 amide bonds. The van der Waals surface area contributed by atoms with E-state index < -0.39 is 27.4 Å². The number of hydrogen-bond acceptors (Lipinski definition) is 4. The average Bonchev–Trinajstić information content (AvgIpc) is 2.74. The summed E-state index contributed by atoms with van der Waals surface area (Å²) in [6.07, 6.45) is 0. The lowest BCUT2D eigenvalue weighted by Crippen LogP contribution is -2.32. The van der Waals surface area contributed by atoms with E-state index in [2.05, 4.69) is 4.98 Å². The van der Waals surface area contributed by atoms with E-state index in [1.165, 1.54) is 0 Å². The summed E-state index contributed by atoms with van der Waals surface area (Å²) in [6, 6.07) is 6.56. The third-order valence-corrected chi connectivity index (χ3v) is 4.29. The second-order valence-electron chi connectivity index (χ2n) is 4.01. The van der Waals surface area contributed by atoms with Crippen LogP contribution in [0.25, 0.3) is 16.7 Å². The number of para-hydroxylation sites is 1. The third kappa shape index (κ3) is 1.50. The number of aliphatic hydroxyl groups excluding tert-OH is 1. The first-order chi connectivity index (χ1) is 8.92. The molecule has 0 aliphatic carbocycles. The van der Waals surface area contributed by atoms with Crippen LogP contribution in [0.4, 0.5) is 0 Å². The summed E-state index contributed by atoms with van der Waals surface area (Å²) in [7, 11) is -4.03. The summed E-state index contributed by atoms with van der Waals surface area (Å²) < 4.78 is 26.0. The average molecular weight is 280 g/mol. The molecule has 2 heterocycles. The highest BCUT2D eigenvalue weighted by molar-refractivity contribution is 7.90. The van der Waals surface area contributed by atoms with Crippen molar-refractivity contribution >= 4 is 32.7 Å². The van der Waals surface area contributed by atoms with Crippen molar-refractivity contribution < 1.29 is 23.4 Å². The molecule has 0 saturated heterocycles. The molecule has 0 unspecified atom stereocenters. The smallest absolute Gasteiger partial charge is 0.356 e. The Morgan fingerprint density at radius 3 is 2.58 bits per heavy atom. The van der Waals surface area contributed by atoms with Crippen molar-refractivity contribution in [2.24, 2.45) is 0 Å². The van der Waals surface area contributed by atoms with Crippen LogP contribution in [-0.4, -0.2) is 29.6 Å². The number of carbonyl (C=O) groups is 1. The van der Waals surface area contributed by atoms with Gasteiger partial charge in [-0.25, -0.2) is 13.2 Å². The zero-order chi connectivity index (χ0) is 13.8. The van der Waals surface area contributed by atoms with Gasteiger partial charge in [-0.3, -0.25) is 4.72 Å². The van der Waals surface area contributed by atoms with Gasteiger partial charge in [0.15, 0.2) is 11.5 Å². The van der Waals surface area contributed by atoms with E-state index in [4.69, 9.17) is 5.11 Å². The van der Waals surface area contributed by atoms with Gasteiger partial charge < -0.3 is 15.2 Å². The Morgan fingerprint density at radius 2 is 1.89 bits per heavy atom. The van der Waals surface area contributed by atoms with E-state index in [1.54, 1.807) is 24.3 Å². The molecular formula is C11H8N2O5S. The lowest BCUT2D eigenvalue weighted by molar-refractivity contribution is -0.132. The molecule has 1 aliphatic heterocycles. The predicted molar refractivity (Wildman–Crippen MR) is 65.8 cm³/mol. The summed E-state index contributed by atoms with van der Waals surface area (Å²) in [4.78, 5) is 13.5. The van der Waals surface area contributed by atoms with Crippen LogP contribution in [-0.2, 0) is 14.8 Å². The Morgan fingerprint density at radius 1 is 1.21 bits per heavy atom. The Labute approximate surface area is 107 Å². The molecule has 0 radical (unpaired) electrons. The Balaban J connectivity index is 2.47. The highest BCUT2D eigenvalue weighted by atomic mass is 32.2. The van der Waals surface area contributed by atoms with Crippen LogP contribution < -0.4 is 4.72 Å². The summed E-state index contributed by atoms with van der Waals surface area (Å²) >= 11 is 0. The number of carboxylic acids is 1. The number of H-pyrrole nitrogens is 1. The molecule has 98 valence electrons. The second kappa shape index (κ2) is 3.51. The minimum atomic E-state index is -4.03. The van der Waals surface area contributed by atoms with Crippen molar-refractivity contribution in [3.8, 4) is 0 Å². The van der Waals surface area contributed by atoms with Gasteiger partial charge in [-0.2, -0.15) is 0 Å². The number of sulfonamides is 1. The molecule has 1 aromatic heterocycles. The van der Waals surface area contributed by atoms with Gasteiger partial charge in [-0.15, -0.1) is 0 Å². The molecule has 0 fully saturated rings. The number of fused-ring (bicyclic) bond motifs is 3. The van der Waals surface area contributed by atoms with Gasteiger partial charge >= 0.3 is 5.97 Å². The van der Waals surface area contributed by atoms with E-state index in [1.807, 2.05) is 4.72 Å². The molecule has 0 atom stereocenters. The fraction of sp³-hybridized carbons (Fsp3) is 0. The number of rotatable bonds is 1. The maximum atomic E-state index is 12.1. The summed E-state index contributed by atoms with van der Waals surface area (Å²) in [5.74, 6) is -2.18. The van der Waals surface area contributed by atoms with Gasteiger partial charge in [-0.05, 0) is 6.07 Å². The number of aromatic nitrogens is 1. The van der Waals surface area contributed by atoms with E-state index in [0.29, 0.717) is 10.9 Å². The SMILES string of the molecule is O=C(O)C1=C(O)c2[nH]c3ccccc3c2S(=O)(=O)N1. The zero-order valence-electron chi connectivity index (χ0n) is 9.34.